The van der Waals surface area contributed by atoms with Crippen molar-refractivity contribution in [1.29, 1.82) is 0 Å². The summed E-state index contributed by atoms with van der Waals surface area (Å²) in [5, 5.41) is 0. The maximum Gasteiger partial charge on any atom is 0.416 e. The first-order valence-corrected chi connectivity index (χ1v) is 7.40. The summed E-state index contributed by atoms with van der Waals surface area (Å²) >= 11 is 0. The van der Waals surface area contributed by atoms with Crippen LogP contribution in [0.25, 0.3) is 0 Å². The van der Waals surface area contributed by atoms with Gasteiger partial charge in [0, 0.05) is 31.9 Å². The van der Waals surface area contributed by atoms with Crippen molar-refractivity contribution >= 4 is 23.1 Å². The fourth-order valence-electron chi connectivity index (χ4n) is 2.73. The number of anilines is 4. The maximum atomic E-state index is 12.8. The van der Waals surface area contributed by atoms with Crippen LogP contribution in [0.5, 0.6) is 0 Å². The molecule has 0 saturated carbocycles. The van der Waals surface area contributed by atoms with E-state index < -0.39 is 11.7 Å². The third kappa shape index (κ3) is 3.29. The van der Waals surface area contributed by atoms with Gasteiger partial charge in [-0.15, -0.1) is 0 Å². The molecular formula is C15H17F3N6. The average molecular weight is 338 g/mol. The van der Waals surface area contributed by atoms with Gasteiger partial charge in [-0.05, 0) is 18.2 Å². The zero-order chi connectivity index (χ0) is 17.3. The van der Waals surface area contributed by atoms with Gasteiger partial charge in [0.1, 0.15) is 0 Å². The van der Waals surface area contributed by atoms with E-state index in [4.69, 9.17) is 11.5 Å². The van der Waals surface area contributed by atoms with Crippen molar-refractivity contribution in [3.05, 3.63) is 36.0 Å². The second kappa shape index (κ2) is 6.06. The highest BCUT2D eigenvalue weighted by atomic mass is 19.4. The molecule has 128 valence electrons. The number of nitrogens with two attached hydrogens (primary N) is 2. The molecule has 1 fully saturated rings. The summed E-state index contributed by atoms with van der Waals surface area (Å²) in [5.74, 6) is 0.411. The lowest BCUT2D eigenvalue weighted by atomic mass is 10.1. The third-order valence-corrected chi connectivity index (χ3v) is 3.98. The first kappa shape index (κ1) is 16.2. The highest BCUT2D eigenvalue weighted by Crippen LogP contribution is 2.32. The maximum absolute atomic E-state index is 12.8. The van der Waals surface area contributed by atoms with Crippen LogP contribution in [-0.4, -0.2) is 36.1 Å². The van der Waals surface area contributed by atoms with Crippen LogP contribution in [0.15, 0.2) is 30.5 Å². The Hall–Kier alpha value is -2.71. The summed E-state index contributed by atoms with van der Waals surface area (Å²) in [5.41, 5.74) is 11.9. The van der Waals surface area contributed by atoms with Gasteiger partial charge in [0.05, 0.1) is 17.4 Å². The number of rotatable bonds is 2. The molecule has 0 aliphatic carbocycles. The quantitative estimate of drug-likeness (QED) is 0.871. The van der Waals surface area contributed by atoms with Crippen molar-refractivity contribution in [3.63, 3.8) is 0 Å². The monoisotopic (exact) mass is 338 g/mol. The summed E-state index contributed by atoms with van der Waals surface area (Å²) in [6.45, 7) is 2.36. The Labute approximate surface area is 136 Å². The van der Waals surface area contributed by atoms with Crippen LogP contribution in [0.2, 0.25) is 0 Å². The number of nitrogen functional groups attached to an aromatic ring is 2. The van der Waals surface area contributed by atoms with Crippen molar-refractivity contribution in [3.8, 4) is 0 Å². The minimum atomic E-state index is -4.34. The lowest BCUT2D eigenvalue weighted by Gasteiger charge is -2.37. The van der Waals surface area contributed by atoms with Crippen molar-refractivity contribution in [1.82, 2.24) is 9.97 Å². The summed E-state index contributed by atoms with van der Waals surface area (Å²) < 4.78 is 38.5. The molecule has 4 N–H and O–H groups in total. The largest absolute Gasteiger partial charge is 0.416 e. The molecule has 9 heteroatoms. The minimum absolute atomic E-state index is 0.110. The Morgan fingerprint density at radius 2 is 1.67 bits per heavy atom. The summed E-state index contributed by atoms with van der Waals surface area (Å²) in [4.78, 5) is 11.8. The van der Waals surface area contributed by atoms with Crippen molar-refractivity contribution in [2.24, 2.45) is 0 Å². The fourth-order valence-corrected chi connectivity index (χ4v) is 2.73. The standard InChI is InChI=1S/C15H17F3N6/c16-15(17,18)10-2-1-3-11(8-10)23-4-6-24(7-5-23)12-9-21-14(20)22-13(12)19/h1-3,8-9H,4-7H2,(H4,19,20,21,22). The minimum Gasteiger partial charge on any atom is -0.382 e. The van der Waals surface area contributed by atoms with E-state index in [0.717, 1.165) is 6.07 Å². The lowest BCUT2D eigenvalue weighted by molar-refractivity contribution is -0.137. The summed E-state index contributed by atoms with van der Waals surface area (Å²) in [7, 11) is 0. The number of aromatic nitrogens is 2. The van der Waals surface area contributed by atoms with E-state index in [1.165, 1.54) is 12.1 Å². The van der Waals surface area contributed by atoms with Gasteiger partial charge >= 0.3 is 6.18 Å². The first-order chi connectivity index (χ1) is 11.3. The molecular weight excluding hydrogens is 321 g/mol. The molecule has 0 radical (unpaired) electrons. The smallest absolute Gasteiger partial charge is 0.382 e. The number of alkyl halides is 3. The van der Waals surface area contributed by atoms with Gasteiger partial charge in [-0.1, -0.05) is 6.07 Å². The molecule has 0 atom stereocenters. The van der Waals surface area contributed by atoms with Crippen molar-refractivity contribution in [2.75, 3.05) is 47.4 Å². The molecule has 1 aromatic carbocycles. The highest BCUT2D eigenvalue weighted by Gasteiger charge is 2.31. The lowest BCUT2D eigenvalue weighted by Crippen LogP contribution is -2.46. The topological polar surface area (TPSA) is 84.3 Å². The van der Waals surface area contributed by atoms with Crippen molar-refractivity contribution < 1.29 is 13.2 Å². The molecule has 24 heavy (non-hydrogen) atoms. The van der Waals surface area contributed by atoms with Gasteiger partial charge in [0.15, 0.2) is 5.82 Å². The third-order valence-electron chi connectivity index (χ3n) is 3.98. The normalized spacial score (nSPS) is 15.6. The number of halogens is 3. The Morgan fingerprint density at radius 3 is 2.29 bits per heavy atom. The molecule has 1 aliphatic rings. The second-order valence-electron chi connectivity index (χ2n) is 5.52. The van der Waals surface area contributed by atoms with Gasteiger partial charge in [-0.25, -0.2) is 4.98 Å². The number of hydrogen-bond acceptors (Lipinski definition) is 6. The molecule has 0 bridgehead atoms. The Balaban J connectivity index is 1.71. The van der Waals surface area contributed by atoms with Crippen LogP contribution in [0.3, 0.4) is 0 Å². The number of nitrogens with zero attached hydrogens (tertiary/aromatic N) is 4. The van der Waals surface area contributed by atoms with E-state index in [2.05, 4.69) is 9.97 Å². The molecule has 0 spiro atoms. The predicted octanol–water partition coefficient (Wildman–Crippen LogP) is 1.99. The molecule has 2 aromatic rings. The second-order valence-corrected chi connectivity index (χ2v) is 5.52. The van der Waals surface area contributed by atoms with E-state index in [-0.39, 0.29) is 5.95 Å². The van der Waals surface area contributed by atoms with E-state index >= 15 is 0 Å². The van der Waals surface area contributed by atoms with Gasteiger partial charge in [0.2, 0.25) is 5.95 Å². The van der Waals surface area contributed by atoms with E-state index in [1.54, 1.807) is 12.3 Å². The van der Waals surface area contributed by atoms with Crippen LogP contribution in [0.1, 0.15) is 5.56 Å². The zero-order valence-electron chi connectivity index (χ0n) is 12.8. The summed E-state index contributed by atoms with van der Waals surface area (Å²) in [6, 6.07) is 5.37. The Kier molecular flexibility index (Phi) is 4.08. The highest BCUT2D eigenvalue weighted by molar-refractivity contribution is 5.64. The molecule has 0 amide bonds. The first-order valence-electron chi connectivity index (χ1n) is 7.40. The van der Waals surface area contributed by atoms with Crippen LogP contribution in [0, 0.1) is 0 Å². The SMILES string of the molecule is Nc1ncc(N2CCN(c3cccc(C(F)(F)F)c3)CC2)c(N)n1. The fraction of sp³-hybridized carbons (Fsp3) is 0.333. The average Bonchev–Trinajstić information content (AvgIpc) is 2.54. The van der Waals surface area contributed by atoms with Gasteiger partial charge in [-0.2, -0.15) is 18.2 Å². The Morgan fingerprint density at radius 1 is 1.00 bits per heavy atom. The van der Waals surface area contributed by atoms with Gasteiger partial charge in [0.25, 0.3) is 0 Å². The Bertz CT molecular complexity index is 725. The molecule has 6 nitrogen and oxygen atoms in total. The van der Waals surface area contributed by atoms with Crippen LogP contribution in [-0.2, 0) is 6.18 Å². The number of piperazine rings is 1. The summed E-state index contributed by atoms with van der Waals surface area (Å²) in [6.07, 6.45) is -2.77. The zero-order valence-corrected chi connectivity index (χ0v) is 12.8. The number of hydrogen-bond donors (Lipinski definition) is 2. The molecule has 0 unspecified atom stereocenters. The predicted molar refractivity (Wildman–Crippen MR) is 86.7 cm³/mol. The number of benzene rings is 1. The molecule has 2 heterocycles. The van der Waals surface area contributed by atoms with Crippen molar-refractivity contribution in [2.45, 2.75) is 6.18 Å². The van der Waals surface area contributed by atoms with Crippen LogP contribution < -0.4 is 21.3 Å². The van der Waals surface area contributed by atoms with E-state index in [0.29, 0.717) is 43.4 Å². The molecule has 1 aliphatic heterocycles. The molecule has 3 rings (SSSR count). The van der Waals surface area contributed by atoms with Gasteiger partial charge < -0.3 is 21.3 Å². The van der Waals surface area contributed by atoms with E-state index in [1.807, 2.05) is 9.80 Å². The molecule has 1 aromatic heterocycles. The molecule has 1 saturated heterocycles. The van der Waals surface area contributed by atoms with Gasteiger partial charge in [-0.3, -0.25) is 0 Å². The van der Waals surface area contributed by atoms with E-state index in [9.17, 15) is 13.2 Å². The van der Waals surface area contributed by atoms with Crippen LogP contribution >= 0.6 is 0 Å². The van der Waals surface area contributed by atoms with Crippen LogP contribution in [0.4, 0.5) is 36.3 Å².